The molecule has 1 heterocycles. The Hall–Kier alpha value is 0.0200. The molecule has 1 saturated heterocycles. The smallest absolute Gasteiger partial charge is 0.132 e. The first-order chi connectivity index (χ1) is 7.39. The van der Waals surface area contributed by atoms with Crippen LogP contribution in [0.2, 0.25) is 0 Å². The van der Waals surface area contributed by atoms with E-state index in [4.69, 9.17) is 0 Å². The monoisotopic (exact) mass is 228 g/mol. The average Bonchev–Trinajstić information content (AvgIpc) is 2.24. The standard InChI is InChI=1S/C13H24OS/c14-13-9-5-1-3-7-11-15-12-8-4-2-6-10-13/h1-12H2. The fourth-order valence-corrected chi connectivity index (χ4v) is 3.01. The Bertz CT molecular complexity index is 152. The van der Waals surface area contributed by atoms with Gasteiger partial charge >= 0.3 is 0 Å². The Morgan fingerprint density at radius 1 is 0.667 bits per heavy atom. The van der Waals surface area contributed by atoms with Gasteiger partial charge in [0, 0.05) is 12.8 Å². The van der Waals surface area contributed by atoms with Gasteiger partial charge in [-0.1, -0.05) is 25.7 Å². The van der Waals surface area contributed by atoms with E-state index in [0.717, 1.165) is 25.7 Å². The molecule has 0 bridgehead atoms. The minimum atomic E-state index is 0.501. The van der Waals surface area contributed by atoms with E-state index in [1.54, 1.807) is 0 Å². The van der Waals surface area contributed by atoms with Crippen molar-refractivity contribution < 1.29 is 4.79 Å². The van der Waals surface area contributed by atoms with Crippen LogP contribution in [0, 0.1) is 0 Å². The lowest BCUT2D eigenvalue weighted by molar-refractivity contribution is -0.119. The molecule has 1 fully saturated rings. The lowest BCUT2D eigenvalue weighted by atomic mass is 10.0. The summed E-state index contributed by atoms with van der Waals surface area (Å²) in [5, 5.41) is 0. The van der Waals surface area contributed by atoms with Crippen LogP contribution >= 0.6 is 11.8 Å². The second-order valence-electron chi connectivity index (χ2n) is 4.48. The molecule has 1 aliphatic rings. The maximum Gasteiger partial charge on any atom is 0.132 e. The van der Waals surface area contributed by atoms with Crippen LogP contribution in [0.4, 0.5) is 0 Å². The van der Waals surface area contributed by atoms with Gasteiger partial charge in [0.15, 0.2) is 0 Å². The number of hydrogen-bond acceptors (Lipinski definition) is 2. The summed E-state index contributed by atoms with van der Waals surface area (Å²) >= 11 is 2.11. The summed E-state index contributed by atoms with van der Waals surface area (Å²) in [6.45, 7) is 0. The summed E-state index contributed by atoms with van der Waals surface area (Å²) in [7, 11) is 0. The van der Waals surface area contributed by atoms with Gasteiger partial charge in [-0.3, -0.25) is 4.79 Å². The van der Waals surface area contributed by atoms with E-state index in [0.29, 0.717) is 5.78 Å². The molecule has 0 atom stereocenters. The maximum atomic E-state index is 11.4. The molecule has 15 heavy (non-hydrogen) atoms. The quantitative estimate of drug-likeness (QED) is 0.618. The summed E-state index contributed by atoms with van der Waals surface area (Å²) in [6, 6.07) is 0. The molecule has 0 aliphatic carbocycles. The van der Waals surface area contributed by atoms with Gasteiger partial charge in [0.2, 0.25) is 0 Å². The van der Waals surface area contributed by atoms with Crippen molar-refractivity contribution in [3.05, 3.63) is 0 Å². The van der Waals surface area contributed by atoms with Gasteiger partial charge < -0.3 is 0 Å². The highest BCUT2D eigenvalue weighted by Gasteiger charge is 2.02. The van der Waals surface area contributed by atoms with Gasteiger partial charge in [-0.25, -0.2) is 0 Å². The molecule has 0 N–H and O–H groups in total. The van der Waals surface area contributed by atoms with E-state index < -0.39 is 0 Å². The predicted molar refractivity (Wildman–Crippen MR) is 68.5 cm³/mol. The van der Waals surface area contributed by atoms with Crippen LogP contribution in [0.5, 0.6) is 0 Å². The maximum absolute atomic E-state index is 11.4. The Morgan fingerprint density at radius 2 is 1.13 bits per heavy atom. The number of carbonyl (C=O) groups excluding carboxylic acids is 1. The summed E-state index contributed by atoms with van der Waals surface area (Å²) in [5.41, 5.74) is 0. The first kappa shape index (κ1) is 13.1. The molecule has 0 unspecified atom stereocenters. The molecular weight excluding hydrogens is 204 g/mol. The second kappa shape index (κ2) is 9.26. The largest absolute Gasteiger partial charge is 0.300 e. The van der Waals surface area contributed by atoms with Crippen LogP contribution in [-0.2, 0) is 4.79 Å². The predicted octanol–water partition coefficient (Wildman–Crippen LogP) is 4.20. The van der Waals surface area contributed by atoms with Crippen molar-refractivity contribution in [2.24, 2.45) is 0 Å². The first-order valence-corrected chi connectivity index (χ1v) is 7.64. The van der Waals surface area contributed by atoms with Gasteiger partial charge in [0.05, 0.1) is 0 Å². The number of Topliss-reactive ketones (excluding diaryl/α,β-unsaturated/α-hetero) is 1. The van der Waals surface area contributed by atoms with Crippen molar-refractivity contribution in [3.8, 4) is 0 Å². The van der Waals surface area contributed by atoms with Crippen molar-refractivity contribution in [1.82, 2.24) is 0 Å². The van der Waals surface area contributed by atoms with E-state index in [1.807, 2.05) is 0 Å². The summed E-state index contributed by atoms with van der Waals surface area (Å²) in [6.07, 6.45) is 11.8. The highest BCUT2D eigenvalue weighted by molar-refractivity contribution is 7.99. The van der Waals surface area contributed by atoms with Crippen LogP contribution in [-0.4, -0.2) is 17.3 Å². The van der Waals surface area contributed by atoms with Gasteiger partial charge in [-0.2, -0.15) is 11.8 Å². The van der Waals surface area contributed by atoms with E-state index in [9.17, 15) is 4.79 Å². The van der Waals surface area contributed by atoms with Gasteiger partial charge in [0.1, 0.15) is 5.78 Å². The van der Waals surface area contributed by atoms with Crippen molar-refractivity contribution in [1.29, 1.82) is 0 Å². The number of ketones is 1. The number of rotatable bonds is 0. The van der Waals surface area contributed by atoms with Gasteiger partial charge in [-0.05, 0) is 37.2 Å². The highest BCUT2D eigenvalue weighted by atomic mass is 32.2. The molecule has 0 aromatic carbocycles. The van der Waals surface area contributed by atoms with Crippen LogP contribution in [0.15, 0.2) is 0 Å². The SMILES string of the molecule is O=C1CCCCCCSCCCCCC1. The van der Waals surface area contributed by atoms with Gasteiger partial charge in [-0.15, -0.1) is 0 Å². The molecule has 2 heteroatoms. The third-order valence-electron chi connectivity index (χ3n) is 2.99. The summed E-state index contributed by atoms with van der Waals surface area (Å²) < 4.78 is 0. The van der Waals surface area contributed by atoms with E-state index >= 15 is 0 Å². The lowest BCUT2D eigenvalue weighted by Crippen LogP contribution is -1.98. The zero-order valence-corrected chi connectivity index (χ0v) is 10.6. The second-order valence-corrected chi connectivity index (χ2v) is 5.70. The molecule has 0 amide bonds. The fourth-order valence-electron chi connectivity index (χ4n) is 1.99. The van der Waals surface area contributed by atoms with Gasteiger partial charge in [0.25, 0.3) is 0 Å². The first-order valence-electron chi connectivity index (χ1n) is 6.49. The minimum absolute atomic E-state index is 0.501. The Morgan fingerprint density at radius 3 is 1.67 bits per heavy atom. The van der Waals surface area contributed by atoms with Crippen LogP contribution in [0.1, 0.15) is 64.2 Å². The number of thioether (sulfide) groups is 1. The molecule has 0 radical (unpaired) electrons. The Labute approximate surface area is 98.4 Å². The number of carbonyl (C=O) groups is 1. The van der Waals surface area contributed by atoms with E-state index in [-0.39, 0.29) is 0 Å². The zero-order valence-electron chi connectivity index (χ0n) is 9.80. The Balaban J connectivity index is 2.13. The molecule has 1 nitrogen and oxygen atoms in total. The highest BCUT2D eigenvalue weighted by Crippen LogP contribution is 2.14. The molecule has 0 spiro atoms. The van der Waals surface area contributed by atoms with E-state index in [1.165, 1.54) is 50.0 Å². The van der Waals surface area contributed by atoms with Crippen LogP contribution in [0.3, 0.4) is 0 Å². The van der Waals surface area contributed by atoms with Crippen LogP contribution < -0.4 is 0 Å². The molecule has 88 valence electrons. The average molecular weight is 228 g/mol. The minimum Gasteiger partial charge on any atom is -0.300 e. The molecule has 1 rings (SSSR count). The third-order valence-corrected chi connectivity index (χ3v) is 4.14. The fraction of sp³-hybridized carbons (Fsp3) is 0.923. The molecule has 0 aromatic rings. The van der Waals surface area contributed by atoms with Crippen molar-refractivity contribution in [2.75, 3.05) is 11.5 Å². The summed E-state index contributed by atoms with van der Waals surface area (Å²) in [5.74, 6) is 3.16. The van der Waals surface area contributed by atoms with Crippen molar-refractivity contribution in [3.63, 3.8) is 0 Å². The van der Waals surface area contributed by atoms with Crippen molar-refractivity contribution >= 4 is 17.5 Å². The Kier molecular flexibility index (Phi) is 8.08. The summed E-state index contributed by atoms with van der Waals surface area (Å²) in [4.78, 5) is 11.4. The molecule has 1 aliphatic heterocycles. The normalized spacial score (nSPS) is 23.3. The molecule has 0 saturated carbocycles. The van der Waals surface area contributed by atoms with Crippen molar-refractivity contribution in [2.45, 2.75) is 64.2 Å². The molecular formula is C13H24OS. The van der Waals surface area contributed by atoms with E-state index in [2.05, 4.69) is 11.8 Å². The van der Waals surface area contributed by atoms with Crippen LogP contribution in [0.25, 0.3) is 0 Å². The number of hydrogen-bond donors (Lipinski definition) is 0. The third kappa shape index (κ3) is 7.89. The lowest BCUT2D eigenvalue weighted by Gasteiger charge is -2.05. The topological polar surface area (TPSA) is 17.1 Å². The zero-order chi connectivity index (χ0) is 10.8. The molecule has 0 aromatic heterocycles.